The number of aryl methyl sites for hydroxylation is 2. The number of aromatic nitrogens is 4. The maximum atomic E-state index is 13.0. The number of hydrogen-bond donors (Lipinski definition) is 0. The Morgan fingerprint density at radius 1 is 1.33 bits per heavy atom. The highest BCUT2D eigenvalue weighted by Gasteiger charge is 2.26. The lowest BCUT2D eigenvalue weighted by Gasteiger charge is -2.28. The number of carbonyl (C=O) groups excluding carboxylic acids is 1. The number of hydrogen-bond acceptors (Lipinski definition) is 4. The fourth-order valence-electron chi connectivity index (χ4n) is 3.29. The van der Waals surface area contributed by atoms with E-state index in [0.717, 1.165) is 23.4 Å². The molecule has 1 aliphatic rings. The normalized spacial score (nSPS) is 13.8. The van der Waals surface area contributed by atoms with Crippen LogP contribution in [0.5, 0.6) is 0 Å². The van der Waals surface area contributed by atoms with Crippen molar-refractivity contribution in [2.24, 2.45) is 7.05 Å². The third-order valence-electron chi connectivity index (χ3n) is 4.54. The Bertz CT molecular complexity index is 1010. The number of rotatable bonds is 1. The molecule has 1 aromatic carbocycles. The van der Waals surface area contributed by atoms with Crippen molar-refractivity contribution in [1.29, 1.82) is 5.26 Å². The largest absolute Gasteiger partial charge is 0.330 e. The standard InChI is InChI=1S/C17H16N6O/c1-11-19-9-13-10-22(5-6-23(11)13)17(24)16-14-4-3-12(8-18)7-15(14)20-21(16)2/h3-4,7,9H,5-6,10H2,1-2H3. The molecule has 0 bridgehead atoms. The summed E-state index contributed by atoms with van der Waals surface area (Å²) in [6.45, 7) is 3.91. The summed E-state index contributed by atoms with van der Waals surface area (Å²) in [5.41, 5.74) is 2.80. The molecular formula is C17H16N6O. The van der Waals surface area contributed by atoms with Crippen LogP contribution < -0.4 is 0 Å². The molecule has 7 heteroatoms. The van der Waals surface area contributed by atoms with Crippen LogP contribution in [0.2, 0.25) is 0 Å². The van der Waals surface area contributed by atoms with Gasteiger partial charge in [-0.15, -0.1) is 0 Å². The molecule has 0 atom stereocenters. The average molecular weight is 320 g/mol. The highest BCUT2D eigenvalue weighted by Crippen LogP contribution is 2.23. The number of nitriles is 1. The van der Waals surface area contributed by atoms with Gasteiger partial charge in [0.25, 0.3) is 5.91 Å². The van der Waals surface area contributed by atoms with E-state index in [4.69, 9.17) is 5.26 Å². The number of nitrogens with zero attached hydrogens (tertiary/aromatic N) is 6. The SMILES string of the molecule is Cc1ncc2n1CCN(C(=O)c1c3ccc(C#N)cc3nn1C)C2. The zero-order valence-electron chi connectivity index (χ0n) is 13.5. The minimum Gasteiger partial charge on any atom is -0.330 e. The minimum absolute atomic E-state index is 0.0465. The van der Waals surface area contributed by atoms with Crippen LogP contribution in [-0.2, 0) is 20.1 Å². The van der Waals surface area contributed by atoms with Crippen molar-refractivity contribution in [3.05, 3.63) is 47.2 Å². The van der Waals surface area contributed by atoms with Crippen molar-refractivity contribution in [2.75, 3.05) is 6.54 Å². The Labute approximate surface area is 138 Å². The van der Waals surface area contributed by atoms with Gasteiger partial charge in [-0.2, -0.15) is 10.4 Å². The predicted molar refractivity (Wildman–Crippen MR) is 87.1 cm³/mol. The van der Waals surface area contributed by atoms with Crippen LogP contribution in [0.1, 0.15) is 27.6 Å². The maximum absolute atomic E-state index is 13.0. The van der Waals surface area contributed by atoms with Gasteiger partial charge in [0.05, 0.1) is 35.6 Å². The predicted octanol–water partition coefficient (Wildman–Crippen LogP) is 1.61. The van der Waals surface area contributed by atoms with E-state index in [1.165, 1.54) is 0 Å². The molecular weight excluding hydrogens is 304 g/mol. The molecule has 4 rings (SSSR count). The van der Waals surface area contributed by atoms with Crippen molar-refractivity contribution in [3.8, 4) is 6.07 Å². The second-order valence-corrected chi connectivity index (χ2v) is 5.99. The topological polar surface area (TPSA) is 79.7 Å². The van der Waals surface area contributed by atoms with Crippen LogP contribution in [-0.4, -0.2) is 36.7 Å². The van der Waals surface area contributed by atoms with E-state index >= 15 is 0 Å². The van der Waals surface area contributed by atoms with Crippen molar-refractivity contribution in [3.63, 3.8) is 0 Å². The molecule has 0 fully saturated rings. The maximum Gasteiger partial charge on any atom is 0.273 e. The number of carbonyl (C=O) groups is 1. The molecule has 3 heterocycles. The van der Waals surface area contributed by atoms with Gasteiger partial charge in [-0.1, -0.05) is 0 Å². The lowest BCUT2D eigenvalue weighted by molar-refractivity contribution is 0.0701. The summed E-state index contributed by atoms with van der Waals surface area (Å²) >= 11 is 0. The van der Waals surface area contributed by atoms with E-state index in [-0.39, 0.29) is 5.91 Å². The molecule has 0 unspecified atom stereocenters. The smallest absolute Gasteiger partial charge is 0.273 e. The molecule has 120 valence electrons. The molecule has 0 saturated carbocycles. The molecule has 0 N–H and O–H groups in total. The van der Waals surface area contributed by atoms with Crippen LogP contribution >= 0.6 is 0 Å². The Morgan fingerprint density at radius 3 is 2.96 bits per heavy atom. The van der Waals surface area contributed by atoms with Crippen molar-refractivity contribution in [1.82, 2.24) is 24.2 Å². The van der Waals surface area contributed by atoms with Gasteiger partial charge in [0.15, 0.2) is 0 Å². The minimum atomic E-state index is -0.0465. The van der Waals surface area contributed by atoms with Crippen molar-refractivity contribution in [2.45, 2.75) is 20.0 Å². The van der Waals surface area contributed by atoms with Gasteiger partial charge in [-0.3, -0.25) is 9.48 Å². The molecule has 1 amide bonds. The second-order valence-electron chi connectivity index (χ2n) is 5.99. The summed E-state index contributed by atoms with van der Waals surface area (Å²) in [7, 11) is 1.76. The second kappa shape index (κ2) is 5.20. The molecule has 3 aromatic rings. The molecule has 1 aliphatic heterocycles. The molecule has 0 saturated heterocycles. The van der Waals surface area contributed by atoms with Crippen LogP contribution in [0.25, 0.3) is 10.9 Å². The number of amides is 1. The Hall–Kier alpha value is -3.14. The molecule has 7 nitrogen and oxygen atoms in total. The van der Waals surface area contributed by atoms with Gasteiger partial charge >= 0.3 is 0 Å². The van der Waals surface area contributed by atoms with E-state index in [2.05, 4.69) is 20.7 Å². The van der Waals surface area contributed by atoms with Crippen LogP contribution in [0.3, 0.4) is 0 Å². The lowest BCUT2D eigenvalue weighted by Crippen LogP contribution is -2.39. The summed E-state index contributed by atoms with van der Waals surface area (Å²) in [4.78, 5) is 19.2. The van der Waals surface area contributed by atoms with Crippen LogP contribution in [0.4, 0.5) is 0 Å². The first kappa shape index (κ1) is 14.5. The van der Waals surface area contributed by atoms with Crippen LogP contribution in [0.15, 0.2) is 24.4 Å². The van der Waals surface area contributed by atoms with Gasteiger partial charge in [-0.05, 0) is 25.1 Å². The third kappa shape index (κ3) is 2.07. The summed E-state index contributed by atoms with van der Waals surface area (Å²) in [6, 6.07) is 7.32. The van der Waals surface area contributed by atoms with Crippen molar-refractivity contribution >= 4 is 16.8 Å². The molecule has 0 aliphatic carbocycles. The number of imidazole rings is 1. The summed E-state index contributed by atoms with van der Waals surface area (Å²) in [6.07, 6.45) is 1.83. The quantitative estimate of drug-likeness (QED) is 0.682. The summed E-state index contributed by atoms with van der Waals surface area (Å²) < 4.78 is 3.75. The van der Waals surface area contributed by atoms with Crippen LogP contribution in [0, 0.1) is 18.3 Å². The van der Waals surface area contributed by atoms with Gasteiger partial charge < -0.3 is 9.47 Å². The lowest BCUT2D eigenvalue weighted by atomic mass is 10.1. The van der Waals surface area contributed by atoms with E-state index in [9.17, 15) is 4.79 Å². The third-order valence-corrected chi connectivity index (χ3v) is 4.54. The van der Waals surface area contributed by atoms with Gasteiger partial charge in [-0.25, -0.2) is 4.98 Å². The highest BCUT2D eigenvalue weighted by atomic mass is 16.2. The highest BCUT2D eigenvalue weighted by molar-refractivity contribution is 6.05. The fourth-order valence-corrected chi connectivity index (χ4v) is 3.29. The Kier molecular flexibility index (Phi) is 3.13. The van der Waals surface area contributed by atoms with Gasteiger partial charge in [0.2, 0.25) is 0 Å². The monoisotopic (exact) mass is 320 g/mol. The molecule has 0 radical (unpaired) electrons. The van der Waals surface area contributed by atoms with E-state index < -0.39 is 0 Å². The van der Waals surface area contributed by atoms with E-state index in [0.29, 0.717) is 29.9 Å². The zero-order chi connectivity index (χ0) is 16.8. The first-order valence-electron chi connectivity index (χ1n) is 7.75. The Balaban J connectivity index is 1.72. The van der Waals surface area contributed by atoms with E-state index in [1.54, 1.807) is 29.9 Å². The number of benzene rings is 1. The fraction of sp³-hybridized carbons (Fsp3) is 0.294. The average Bonchev–Trinajstić information content (AvgIpc) is 3.12. The summed E-state index contributed by atoms with van der Waals surface area (Å²) in [5, 5.41) is 14.2. The molecule has 24 heavy (non-hydrogen) atoms. The summed E-state index contributed by atoms with van der Waals surface area (Å²) in [5.74, 6) is 0.932. The van der Waals surface area contributed by atoms with Gasteiger partial charge in [0, 0.05) is 25.5 Å². The first-order valence-corrected chi connectivity index (χ1v) is 7.75. The Morgan fingerprint density at radius 2 is 2.17 bits per heavy atom. The van der Waals surface area contributed by atoms with E-state index in [1.807, 2.05) is 18.0 Å². The zero-order valence-corrected chi connectivity index (χ0v) is 13.5. The molecule has 2 aromatic heterocycles. The van der Waals surface area contributed by atoms with Crippen molar-refractivity contribution < 1.29 is 4.79 Å². The van der Waals surface area contributed by atoms with Gasteiger partial charge in [0.1, 0.15) is 11.5 Å². The first-order chi connectivity index (χ1) is 11.6. The molecule has 0 spiro atoms. The number of fused-ring (bicyclic) bond motifs is 2.